The van der Waals surface area contributed by atoms with Gasteiger partial charge in [-0.25, -0.2) is 0 Å². The molecule has 0 radical (unpaired) electrons. The molecule has 1 aromatic carbocycles. The predicted octanol–water partition coefficient (Wildman–Crippen LogP) is 1.11. The third-order valence-corrected chi connectivity index (χ3v) is 2.23. The van der Waals surface area contributed by atoms with E-state index in [1.807, 2.05) is 0 Å². The lowest BCUT2D eigenvalue weighted by Crippen LogP contribution is -2.15. The summed E-state index contributed by atoms with van der Waals surface area (Å²) in [6, 6.07) is 6.56. The lowest BCUT2D eigenvalue weighted by molar-refractivity contribution is -0.139. The first-order valence-electron chi connectivity index (χ1n) is 4.80. The van der Waals surface area contributed by atoms with Crippen molar-refractivity contribution in [3.05, 3.63) is 35.9 Å². The molecule has 0 saturated heterocycles. The number of phenols is 1. The van der Waals surface area contributed by atoms with Crippen LogP contribution in [0, 0.1) is 0 Å². The van der Waals surface area contributed by atoms with Gasteiger partial charge in [-0.1, -0.05) is 0 Å². The molecule has 1 atom stereocenters. The Balaban J connectivity index is 2.11. The van der Waals surface area contributed by atoms with Crippen LogP contribution in [0.4, 0.5) is 0 Å². The second kappa shape index (κ2) is 4.24. The molecule has 0 bridgehead atoms. The number of hydroxylamine groups is 1. The minimum absolute atomic E-state index is 0.0748. The van der Waals surface area contributed by atoms with Gasteiger partial charge in [0.2, 0.25) is 0 Å². The summed E-state index contributed by atoms with van der Waals surface area (Å²) < 4.78 is 0. The van der Waals surface area contributed by atoms with Crippen molar-refractivity contribution in [2.24, 2.45) is 0 Å². The van der Waals surface area contributed by atoms with Crippen molar-refractivity contribution < 1.29 is 19.8 Å². The number of hydrogen-bond donors (Lipinski definition) is 3. The molecule has 0 aliphatic carbocycles. The Morgan fingerprint density at radius 2 is 2.06 bits per heavy atom. The summed E-state index contributed by atoms with van der Waals surface area (Å²) in [4.78, 5) is 15.5. The molecule has 0 spiro atoms. The fourth-order valence-electron chi connectivity index (χ4n) is 1.46. The highest BCUT2D eigenvalue weighted by Crippen LogP contribution is 2.21. The molecular weight excluding hydrogens is 210 g/mol. The van der Waals surface area contributed by atoms with Crippen molar-refractivity contribution in [2.75, 3.05) is 0 Å². The monoisotopic (exact) mass is 221 g/mol. The number of benzene rings is 1. The summed E-state index contributed by atoms with van der Waals surface area (Å²) in [5.41, 5.74) is 4.22. The number of carboxylic acid groups (broad SMARTS) is 1. The van der Waals surface area contributed by atoms with E-state index < -0.39 is 12.1 Å². The second-order valence-electron chi connectivity index (χ2n) is 3.48. The predicted molar refractivity (Wildman–Crippen MR) is 56.3 cm³/mol. The van der Waals surface area contributed by atoms with Crippen LogP contribution in [0.25, 0.3) is 5.70 Å². The van der Waals surface area contributed by atoms with E-state index in [0.717, 1.165) is 5.56 Å². The lowest BCUT2D eigenvalue weighted by atomic mass is 10.1. The lowest BCUT2D eigenvalue weighted by Gasteiger charge is -2.04. The van der Waals surface area contributed by atoms with E-state index in [2.05, 4.69) is 5.48 Å². The zero-order chi connectivity index (χ0) is 11.5. The average molecular weight is 221 g/mol. The fraction of sp³-hybridized carbons (Fsp3) is 0.182. The van der Waals surface area contributed by atoms with Gasteiger partial charge in [-0.3, -0.25) is 15.1 Å². The van der Waals surface area contributed by atoms with E-state index in [1.165, 1.54) is 0 Å². The molecule has 84 valence electrons. The molecule has 0 aromatic heterocycles. The van der Waals surface area contributed by atoms with E-state index in [1.54, 1.807) is 30.3 Å². The van der Waals surface area contributed by atoms with Gasteiger partial charge in [-0.05, 0) is 35.9 Å². The molecule has 1 aromatic rings. The first kappa shape index (κ1) is 10.5. The van der Waals surface area contributed by atoms with Gasteiger partial charge in [0, 0.05) is 0 Å². The maximum Gasteiger partial charge on any atom is 0.306 e. The van der Waals surface area contributed by atoms with Crippen LogP contribution >= 0.6 is 0 Å². The number of aliphatic carboxylic acids is 1. The topological polar surface area (TPSA) is 78.8 Å². The summed E-state index contributed by atoms with van der Waals surface area (Å²) >= 11 is 0. The van der Waals surface area contributed by atoms with Crippen molar-refractivity contribution in [1.82, 2.24) is 5.48 Å². The maximum absolute atomic E-state index is 10.5. The highest BCUT2D eigenvalue weighted by Gasteiger charge is 2.19. The summed E-state index contributed by atoms with van der Waals surface area (Å²) in [6.45, 7) is 0. The molecule has 3 N–H and O–H groups in total. The highest BCUT2D eigenvalue weighted by atomic mass is 16.7. The molecule has 1 aliphatic rings. The fourth-order valence-corrected chi connectivity index (χ4v) is 1.46. The van der Waals surface area contributed by atoms with Gasteiger partial charge in [-0.2, -0.15) is 0 Å². The quantitative estimate of drug-likeness (QED) is 0.712. The largest absolute Gasteiger partial charge is 0.508 e. The van der Waals surface area contributed by atoms with Gasteiger partial charge < -0.3 is 10.2 Å². The van der Waals surface area contributed by atoms with Crippen LogP contribution in [-0.4, -0.2) is 22.3 Å². The van der Waals surface area contributed by atoms with Gasteiger partial charge in [0.1, 0.15) is 11.9 Å². The van der Waals surface area contributed by atoms with Crippen LogP contribution < -0.4 is 5.48 Å². The molecule has 0 fully saturated rings. The Labute approximate surface area is 91.9 Å². The molecule has 2 rings (SSSR count). The van der Waals surface area contributed by atoms with Crippen LogP contribution in [0.2, 0.25) is 0 Å². The number of rotatable bonds is 3. The molecular formula is C11H11NO4. The third-order valence-electron chi connectivity index (χ3n) is 2.23. The van der Waals surface area contributed by atoms with Crippen molar-refractivity contribution in [3.8, 4) is 5.75 Å². The van der Waals surface area contributed by atoms with Crippen LogP contribution in [0.1, 0.15) is 12.0 Å². The zero-order valence-corrected chi connectivity index (χ0v) is 8.38. The first-order valence-corrected chi connectivity index (χ1v) is 4.80. The Morgan fingerprint density at radius 3 is 2.69 bits per heavy atom. The maximum atomic E-state index is 10.5. The number of nitrogens with one attached hydrogen (secondary N) is 1. The normalized spacial score (nSPS) is 19.0. The number of carboxylic acids is 1. The molecule has 16 heavy (non-hydrogen) atoms. The minimum Gasteiger partial charge on any atom is -0.508 e. The van der Waals surface area contributed by atoms with Crippen LogP contribution in [0.15, 0.2) is 30.3 Å². The summed E-state index contributed by atoms with van der Waals surface area (Å²) in [6.07, 6.45) is 1.18. The van der Waals surface area contributed by atoms with Gasteiger partial charge in [0.15, 0.2) is 0 Å². The second-order valence-corrected chi connectivity index (χ2v) is 3.48. The molecule has 1 aliphatic heterocycles. The van der Waals surface area contributed by atoms with Crippen molar-refractivity contribution >= 4 is 11.7 Å². The summed E-state index contributed by atoms with van der Waals surface area (Å²) in [7, 11) is 0. The van der Waals surface area contributed by atoms with Gasteiger partial charge >= 0.3 is 5.97 Å². The molecule has 0 saturated carbocycles. The minimum atomic E-state index is -0.907. The zero-order valence-electron chi connectivity index (χ0n) is 8.38. The van der Waals surface area contributed by atoms with Crippen LogP contribution in [0.5, 0.6) is 5.75 Å². The first-order chi connectivity index (χ1) is 7.65. The Kier molecular flexibility index (Phi) is 2.78. The Morgan fingerprint density at radius 1 is 1.38 bits per heavy atom. The van der Waals surface area contributed by atoms with E-state index >= 15 is 0 Å². The molecule has 5 heteroatoms. The van der Waals surface area contributed by atoms with E-state index in [0.29, 0.717) is 5.70 Å². The van der Waals surface area contributed by atoms with Crippen molar-refractivity contribution in [3.63, 3.8) is 0 Å². The standard InChI is InChI=1S/C11H11NO4/c13-8-3-1-7(2-4-8)10-5-9(16-12-10)6-11(14)15/h1-5,9,12-13H,6H2,(H,14,15)/t9-/m1/s1. The van der Waals surface area contributed by atoms with E-state index in [9.17, 15) is 4.79 Å². The van der Waals surface area contributed by atoms with E-state index in [-0.39, 0.29) is 12.2 Å². The van der Waals surface area contributed by atoms with Gasteiger partial charge in [-0.15, -0.1) is 0 Å². The summed E-state index contributed by atoms with van der Waals surface area (Å²) in [5.74, 6) is -0.722. The number of phenolic OH excluding ortho intramolecular Hbond substituents is 1. The van der Waals surface area contributed by atoms with Gasteiger partial charge in [0.05, 0.1) is 12.1 Å². The average Bonchev–Trinajstić information content (AvgIpc) is 2.66. The number of carbonyl (C=O) groups is 1. The number of hydrogen-bond acceptors (Lipinski definition) is 4. The highest BCUT2D eigenvalue weighted by molar-refractivity contribution is 5.70. The van der Waals surface area contributed by atoms with Crippen LogP contribution in [-0.2, 0) is 9.63 Å². The van der Waals surface area contributed by atoms with Crippen molar-refractivity contribution in [1.29, 1.82) is 0 Å². The van der Waals surface area contributed by atoms with Crippen LogP contribution in [0.3, 0.4) is 0 Å². The SMILES string of the molecule is O=C(O)C[C@H]1C=C(c2ccc(O)cc2)NO1. The Bertz CT molecular complexity index is 424. The number of aromatic hydroxyl groups is 1. The Hall–Kier alpha value is -2.01. The molecule has 5 nitrogen and oxygen atoms in total. The smallest absolute Gasteiger partial charge is 0.306 e. The van der Waals surface area contributed by atoms with E-state index in [4.69, 9.17) is 15.1 Å². The third kappa shape index (κ3) is 2.32. The molecule has 0 unspecified atom stereocenters. The van der Waals surface area contributed by atoms with Gasteiger partial charge in [0.25, 0.3) is 0 Å². The molecule has 1 heterocycles. The summed E-state index contributed by atoms with van der Waals surface area (Å²) in [5, 5.41) is 17.7. The molecule has 0 amide bonds. The van der Waals surface area contributed by atoms with Crippen molar-refractivity contribution in [2.45, 2.75) is 12.5 Å².